The molecule has 1 atom stereocenters. The van der Waals surface area contributed by atoms with Gasteiger partial charge in [-0.1, -0.05) is 275 Å². The van der Waals surface area contributed by atoms with E-state index in [-0.39, 0.29) is 37.5 Å². The van der Waals surface area contributed by atoms with Crippen LogP contribution in [0.5, 0.6) is 0 Å². The van der Waals surface area contributed by atoms with Crippen molar-refractivity contribution >= 4 is 17.9 Å². The lowest BCUT2D eigenvalue weighted by molar-refractivity contribution is -0.167. The molecule has 0 spiro atoms. The van der Waals surface area contributed by atoms with Gasteiger partial charge in [0.1, 0.15) is 13.2 Å². The molecule has 0 N–H and O–H groups in total. The highest BCUT2D eigenvalue weighted by molar-refractivity contribution is 5.71. The topological polar surface area (TPSA) is 78.9 Å². The normalized spacial score (nSPS) is 12.3. The highest BCUT2D eigenvalue weighted by Gasteiger charge is 2.19. The van der Waals surface area contributed by atoms with E-state index in [0.29, 0.717) is 19.3 Å². The van der Waals surface area contributed by atoms with Gasteiger partial charge in [-0.15, -0.1) is 0 Å². The van der Waals surface area contributed by atoms with Gasteiger partial charge < -0.3 is 14.2 Å². The molecule has 0 aliphatic carbocycles. The lowest BCUT2D eigenvalue weighted by Crippen LogP contribution is -2.30. The van der Waals surface area contributed by atoms with Crippen molar-refractivity contribution in [1.82, 2.24) is 0 Å². The molecule has 1 unspecified atom stereocenters. The minimum atomic E-state index is -0.789. The number of carbonyl (C=O) groups is 3. The molecule has 0 saturated heterocycles. The Morgan fingerprint density at radius 1 is 0.313 bits per heavy atom. The second kappa shape index (κ2) is 56.0. The summed E-state index contributed by atoms with van der Waals surface area (Å²) in [6.07, 6.45) is 68.8. The first-order valence-electron chi connectivity index (χ1n) is 29.1. The Morgan fingerprint density at radius 3 is 0.910 bits per heavy atom. The Hall–Kier alpha value is -2.63. The van der Waals surface area contributed by atoms with Crippen LogP contribution in [-0.2, 0) is 28.6 Å². The number of esters is 3. The minimum Gasteiger partial charge on any atom is -0.462 e. The van der Waals surface area contributed by atoms with Gasteiger partial charge in [0.2, 0.25) is 0 Å². The predicted octanol–water partition coefficient (Wildman–Crippen LogP) is 19.4. The first-order chi connectivity index (χ1) is 33.0. The molecule has 0 aromatic carbocycles. The minimum absolute atomic E-state index is 0.0869. The lowest BCUT2D eigenvalue weighted by atomic mass is 10.0. The molecule has 0 aromatic rings. The van der Waals surface area contributed by atoms with Gasteiger partial charge in [0.15, 0.2) is 6.10 Å². The van der Waals surface area contributed by atoms with Crippen molar-refractivity contribution in [3.8, 4) is 0 Å². The fraction of sp³-hybridized carbons (Fsp3) is 0.820. The fourth-order valence-corrected chi connectivity index (χ4v) is 8.49. The Bertz CT molecular complexity index is 1170. The lowest BCUT2D eigenvalue weighted by Gasteiger charge is -2.18. The summed E-state index contributed by atoms with van der Waals surface area (Å²) in [5.41, 5.74) is 0. The van der Waals surface area contributed by atoms with Crippen molar-refractivity contribution in [1.29, 1.82) is 0 Å². The van der Waals surface area contributed by atoms with Gasteiger partial charge in [-0.25, -0.2) is 0 Å². The van der Waals surface area contributed by atoms with Gasteiger partial charge in [-0.05, 0) is 57.8 Å². The second-order valence-electron chi connectivity index (χ2n) is 19.5. The molecule has 0 bridgehead atoms. The molecule has 67 heavy (non-hydrogen) atoms. The number of rotatable bonds is 53. The van der Waals surface area contributed by atoms with Crippen molar-refractivity contribution in [3.05, 3.63) is 48.6 Å². The average molecular weight is 940 g/mol. The summed E-state index contributed by atoms with van der Waals surface area (Å²) >= 11 is 0. The largest absolute Gasteiger partial charge is 0.462 e. The summed E-state index contributed by atoms with van der Waals surface area (Å²) in [7, 11) is 0. The van der Waals surface area contributed by atoms with Crippen LogP contribution in [0.4, 0.5) is 0 Å². The third-order valence-corrected chi connectivity index (χ3v) is 12.8. The molecule has 0 rings (SSSR count). The molecule has 0 radical (unpaired) electrons. The number of hydrogen-bond donors (Lipinski definition) is 0. The van der Waals surface area contributed by atoms with Gasteiger partial charge in [0, 0.05) is 19.3 Å². The Kier molecular flexibility index (Phi) is 53.8. The molecule has 390 valence electrons. The summed E-state index contributed by atoms with van der Waals surface area (Å²) in [5.74, 6) is -0.928. The molecule has 0 fully saturated rings. The molecular formula is C61H110O6. The number of hydrogen-bond acceptors (Lipinski definition) is 6. The van der Waals surface area contributed by atoms with E-state index < -0.39 is 6.10 Å². The molecular weight excluding hydrogens is 829 g/mol. The van der Waals surface area contributed by atoms with Crippen LogP contribution >= 0.6 is 0 Å². The van der Waals surface area contributed by atoms with Crippen LogP contribution in [0.3, 0.4) is 0 Å². The first kappa shape index (κ1) is 64.4. The summed E-state index contributed by atoms with van der Waals surface area (Å²) in [5, 5.41) is 0. The van der Waals surface area contributed by atoms with Gasteiger partial charge >= 0.3 is 17.9 Å². The summed E-state index contributed by atoms with van der Waals surface area (Å²) < 4.78 is 16.7. The molecule has 0 aliphatic rings. The van der Waals surface area contributed by atoms with Crippen LogP contribution in [0.15, 0.2) is 48.6 Å². The third kappa shape index (κ3) is 54.2. The van der Waals surface area contributed by atoms with E-state index in [9.17, 15) is 14.4 Å². The summed E-state index contributed by atoms with van der Waals surface area (Å²) in [6.45, 7) is 6.46. The smallest absolute Gasteiger partial charge is 0.306 e. The van der Waals surface area contributed by atoms with Crippen LogP contribution in [0.2, 0.25) is 0 Å². The zero-order valence-corrected chi connectivity index (χ0v) is 44.7. The van der Waals surface area contributed by atoms with Crippen LogP contribution in [0, 0.1) is 0 Å². The maximum absolute atomic E-state index is 12.7. The number of allylic oxidation sites excluding steroid dienone is 8. The van der Waals surface area contributed by atoms with E-state index in [1.54, 1.807) is 0 Å². The van der Waals surface area contributed by atoms with Crippen LogP contribution in [0.25, 0.3) is 0 Å². The zero-order chi connectivity index (χ0) is 48.6. The van der Waals surface area contributed by atoms with Crippen molar-refractivity contribution in [3.63, 3.8) is 0 Å². The molecule has 6 heteroatoms. The fourth-order valence-electron chi connectivity index (χ4n) is 8.49. The standard InChI is InChI=1S/C61H110O6/c1-4-7-10-13-16-18-20-22-24-25-26-27-28-29-30-31-32-33-34-35-36-38-39-41-43-45-48-51-54-60(63)66-57-58(56-65-59(62)53-50-47-15-12-9-6-3)67-61(64)55-52-49-46-44-42-40-37-23-21-19-17-14-11-8-5-2/h8,11,17,19,23,37,42,44,58H,4-7,9-10,12-16,18,20-22,24-36,38-41,43,45-57H2,1-3H3/b11-8-,19-17-,37-23-,44-42-. The van der Waals surface area contributed by atoms with Crippen LogP contribution in [-0.4, -0.2) is 37.2 Å². The Labute approximate surface area is 416 Å². The van der Waals surface area contributed by atoms with Crippen LogP contribution < -0.4 is 0 Å². The molecule has 0 saturated carbocycles. The van der Waals surface area contributed by atoms with Crippen molar-refractivity contribution in [2.45, 2.75) is 309 Å². The van der Waals surface area contributed by atoms with Gasteiger partial charge in [0.25, 0.3) is 0 Å². The SMILES string of the molecule is CC/C=C\C/C=C\C/C=C\C/C=C\CCCCC(=O)OC(COC(=O)CCCCCCCC)COC(=O)CCCCCCCCCCCCCCCCCCCCCCCCCCCCCC. The van der Waals surface area contributed by atoms with Gasteiger partial charge in [-0.2, -0.15) is 0 Å². The van der Waals surface area contributed by atoms with E-state index in [0.717, 1.165) is 77.0 Å². The molecule has 0 amide bonds. The quantitative estimate of drug-likeness (QED) is 0.0262. The third-order valence-electron chi connectivity index (χ3n) is 12.8. The van der Waals surface area contributed by atoms with Crippen molar-refractivity contribution in [2.75, 3.05) is 13.2 Å². The van der Waals surface area contributed by atoms with E-state index in [2.05, 4.69) is 69.4 Å². The van der Waals surface area contributed by atoms with E-state index in [1.807, 2.05) is 0 Å². The van der Waals surface area contributed by atoms with Gasteiger partial charge in [0.05, 0.1) is 0 Å². The maximum atomic E-state index is 12.7. The van der Waals surface area contributed by atoms with E-state index >= 15 is 0 Å². The number of ether oxygens (including phenoxy) is 3. The highest BCUT2D eigenvalue weighted by atomic mass is 16.6. The molecule has 0 heterocycles. The second-order valence-corrected chi connectivity index (χ2v) is 19.5. The van der Waals surface area contributed by atoms with E-state index in [1.165, 1.54) is 180 Å². The summed E-state index contributed by atoms with van der Waals surface area (Å²) in [6, 6.07) is 0. The number of unbranched alkanes of at least 4 members (excludes halogenated alkanes) is 34. The monoisotopic (exact) mass is 939 g/mol. The maximum Gasteiger partial charge on any atom is 0.306 e. The molecule has 6 nitrogen and oxygen atoms in total. The Morgan fingerprint density at radius 2 is 0.582 bits per heavy atom. The first-order valence-corrected chi connectivity index (χ1v) is 29.1. The molecule has 0 aliphatic heterocycles. The van der Waals surface area contributed by atoms with Gasteiger partial charge in [-0.3, -0.25) is 14.4 Å². The Balaban J connectivity index is 4.03. The van der Waals surface area contributed by atoms with E-state index in [4.69, 9.17) is 14.2 Å². The average Bonchev–Trinajstić information content (AvgIpc) is 3.33. The van der Waals surface area contributed by atoms with Crippen molar-refractivity contribution in [2.24, 2.45) is 0 Å². The zero-order valence-electron chi connectivity index (χ0n) is 44.7. The van der Waals surface area contributed by atoms with Crippen LogP contribution in [0.1, 0.15) is 303 Å². The predicted molar refractivity (Wildman–Crippen MR) is 289 cm³/mol. The van der Waals surface area contributed by atoms with Crippen molar-refractivity contribution < 1.29 is 28.6 Å². The summed E-state index contributed by atoms with van der Waals surface area (Å²) in [4.78, 5) is 37.8. The molecule has 0 aromatic heterocycles. The highest BCUT2D eigenvalue weighted by Crippen LogP contribution is 2.17. The number of carbonyl (C=O) groups excluding carboxylic acids is 3.